The zero-order valence-electron chi connectivity index (χ0n) is 21.9. The van der Waals surface area contributed by atoms with E-state index in [1.165, 1.54) is 15.6 Å². The highest BCUT2D eigenvalue weighted by Gasteiger charge is 2.48. The number of rotatable bonds is 5. The molecular formula is C30H32N4O4S. The van der Waals surface area contributed by atoms with Crippen LogP contribution in [0.3, 0.4) is 0 Å². The number of primary amides is 1. The lowest BCUT2D eigenvalue weighted by molar-refractivity contribution is -0.124. The van der Waals surface area contributed by atoms with Crippen LogP contribution in [0.4, 0.5) is 17.1 Å². The van der Waals surface area contributed by atoms with E-state index in [1.807, 2.05) is 37.3 Å². The number of hydrogen-bond acceptors (Lipinski definition) is 5. The third-order valence-corrected chi connectivity index (χ3v) is 9.98. The molecule has 202 valence electrons. The van der Waals surface area contributed by atoms with E-state index >= 15 is 0 Å². The number of para-hydroxylation sites is 1. The summed E-state index contributed by atoms with van der Waals surface area (Å²) in [6.07, 6.45) is 3.90. The minimum absolute atomic E-state index is 0.114. The highest BCUT2D eigenvalue weighted by Crippen LogP contribution is 2.43. The number of nitrogens with zero attached hydrogens (tertiary/aromatic N) is 3. The van der Waals surface area contributed by atoms with E-state index in [2.05, 4.69) is 4.90 Å². The Hall–Kier alpha value is -3.85. The van der Waals surface area contributed by atoms with Gasteiger partial charge in [0.25, 0.3) is 15.9 Å². The lowest BCUT2D eigenvalue weighted by Crippen LogP contribution is -2.54. The van der Waals surface area contributed by atoms with Crippen LogP contribution in [0.25, 0.3) is 0 Å². The number of hydrogen-bond donors (Lipinski definition) is 1. The summed E-state index contributed by atoms with van der Waals surface area (Å²) in [6.45, 7) is 3.74. The summed E-state index contributed by atoms with van der Waals surface area (Å²) in [6, 6.07) is 17.6. The largest absolute Gasteiger partial charge is 0.371 e. The Labute approximate surface area is 229 Å². The molecule has 0 aliphatic carbocycles. The predicted octanol–water partition coefficient (Wildman–Crippen LogP) is 3.55. The molecule has 6 rings (SSSR count). The molecule has 0 bridgehead atoms. The maximum Gasteiger partial charge on any atom is 0.265 e. The summed E-state index contributed by atoms with van der Waals surface area (Å²) in [5.74, 6) is -1.05. The monoisotopic (exact) mass is 544 g/mol. The molecule has 0 unspecified atom stereocenters. The first-order chi connectivity index (χ1) is 18.8. The SMILES string of the molecule is Cc1ccc(S(=O)(=O)N2c3ccccc3C[C@H]2C(=O)N2c3cccc(N4CCCCC4)c3C[C@H]2C(N)=O)cc1. The van der Waals surface area contributed by atoms with Crippen LogP contribution in [-0.4, -0.2) is 45.4 Å². The molecule has 3 aromatic rings. The molecule has 0 spiro atoms. The van der Waals surface area contributed by atoms with Crippen molar-refractivity contribution in [2.45, 2.75) is 56.0 Å². The minimum Gasteiger partial charge on any atom is -0.371 e. The number of sulfonamides is 1. The van der Waals surface area contributed by atoms with Crippen LogP contribution in [0.5, 0.6) is 0 Å². The van der Waals surface area contributed by atoms with E-state index < -0.39 is 33.9 Å². The van der Waals surface area contributed by atoms with Crippen molar-refractivity contribution in [3.05, 3.63) is 83.4 Å². The van der Waals surface area contributed by atoms with Gasteiger partial charge in [-0.1, -0.05) is 42.0 Å². The van der Waals surface area contributed by atoms with Crippen LogP contribution in [-0.2, 0) is 32.5 Å². The molecule has 2 amide bonds. The molecule has 0 saturated carbocycles. The fraction of sp³-hybridized carbons (Fsp3) is 0.333. The third-order valence-electron chi connectivity index (χ3n) is 8.15. The third kappa shape index (κ3) is 4.25. The summed E-state index contributed by atoms with van der Waals surface area (Å²) >= 11 is 0. The molecule has 3 aliphatic heterocycles. The van der Waals surface area contributed by atoms with E-state index in [4.69, 9.17) is 5.73 Å². The first-order valence-corrected chi connectivity index (χ1v) is 14.9. The van der Waals surface area contributed by atoms with Gasteiger partial charge in [-0.05, 0) is 62.1 Å². The smallest absolute Gasteiger partial charge is 0.265 e. The zero-order chi connectivity index (χ0) is 27.3. The predicted molar refractivity (Wildman–Crippen MR) is 151 cm³/mol. The van der Waals surface area contributed by atoms with Crippen molar-refractivity contribution >= 4 is 38.9 Å². The Balaban J connectivity index is 1.43. The van der Waals surface area contributed by atoms with Crippen LogP contribution in [0, 0.1) is 6.92 Å². The Kier molecular flexibility index (Phi) is 6.33. The Morgan fingerprint density at radius 3 is 2.18 bits per heavy atom. The van der Waals surface area contributed by atoms with Crippen LogP contribution < -0.4 is 19.8 Å². The number of benzene rings is 3. The van der Waals surface area contributed by atoms with Crippen LogP contribution in [0.15, 0.2) is 71.6 Å². The highest BCUT2D eigenvalue weighted by molar-refractivity contribution is 7.93. The zero-order valence-corrected chi connectivity index (χ0v) is 22.7. The standard InChI is InChI=1S/C30H32N4O4S/c1-20-12-14-22(15-13-20)39(37,38)34-24-9-4-3-8-21(24)18-28(34)30(36)33-26-11-7-10-25(32-16-5-2-6-17-32)23(26)19-27(33)29(31)35/h3-4,7-15,27-28H,2,5-6,16-19H2,1H3,(H2,31,35)/t27-,28-/m0/s1. The van der Waals surface area contributed by atoms with E-state index in [-0.39, 0.29) is 11.3 Å². The number of carbonyl (C=O) groups is 2. The quantitative estimate of drug-likeness (QED) is 0.529. The number of anilines is 3. The number of piperidine rings is 1. The average molecular weight is 545 g/mol. The number of nitrogens with two attached hydrogens (primary N) is 1. The minimum atomic E-state index is -4.07. The van der Waals surface area contributed by atoms with Crippen LogP contribution in [0.2, 0.25) is 0 Å². The van der Waals surface area contributed by atoms with Crippen molar-refractivity contribution < 1.29 is 18.0 Å². The second-order valence-electron chi connectivity index (χ2n) is 10.6. The van der Waals surface area contributed by atoms with Crippen molar-refractivity contribution in [2.75, 3.05) is 27.2 Å². The molecule has 3 aromatic carbocycles. The summed E-state index contributed by atoms with van der Waals surface area (Å²) in [4.78, 5) is 31.0. The van der Waals surface area contributed by atoms with E-state index in [9.17, 15) is 18.0 Å². The van der Waals surface area contributed by atoms with Gasteiger partial charge in [-0.3, -0.25) is 18.8 Å². The molecule has 3 heterocycles. The van der Waals surface area contributed by atoms with Gasteiger partial charge in [0.1, 0.15) is 12.1 Å². The first-order valence-electron chi connectivity index (χ1n) is 13.5. The van der Waals surface area contributed by atoms with Gasteiger partial charge in [0.15, 0.2) is 0 Å². The molecular weight excluding hydrogens is 512 g/mol. The summed E-state index contributed by atoms with van der Waals surface area (Å²) in [5, 5.41) is 0. The number of carbonyl (C=O) groups excluding carboxylic acids is 2. The summed E-state index contributed by atoms with van der Waals surface area (Å²) in [5.41, 5.74) is 10.6. The topological polar surface area (TPSA) is 104 Å². The van der Waals surface area contributed by atoms with Crippen molar-refractivity contribution in [2.24, 2.45) is 5.73 Å². The maximum atomic E-state index is 14.4. The van der Waals surface area contributed by atoms with Crippen molar-refractivity contribution in [1.29, 1.82) is 0 Å². The van der Waals surface area contributed by atoms with Crippen LogP contribution in [0.1, 0.15) is 36.0 Å². The average Bonchev–Trinajstić information content (AvgIpc) is 3.53. The normalized spacial score (nSPS) is 20.6. The Bertz CT molecular complexity index is 1550. The van der Waals surface area contributed by atoms with Gasteiger partial charge >= 0.3 is 0 Å². The number of fused-ring (bicyclic) bond motifs is 2. The lowest BCUT2D eigenvalue weighted by Gasteiger charge is -2.32. The first kappa shape index (κ1) is 25.4. The molecule has 2 atom stereocenters. The molecule has 2 N–H and O–H groups in total. The van der Waals surface area contributed by atoms with Gasteiger partial charge in [0.2, 0.25) is 5.91 Å². The van der Waals surface area contributed by atoms with Gasteiger partial charge in [0.05, 0.1) is 10.6 Å². The Morgan fingerprint density at radius 2 is 1.46 bits per heavy atom. The van der Waals surface area contributed by atoms with Crippen LogP contribution >= 0.6 is 0 Å². The fourth-order valence-corrected chi connectivity index (χ4v) is 7.85. The van der Waals surface area contributed by atoms with Crippen molar-refractivity contribution in [3.63, 3.8) is 0 Å². The second-order valence-corrected chi connectivity index (χ2v) is 12.4. The van der Waals surface area contributed by atoms with E-state index in [0.29, 0.717) is 17.8 Å². The second kappa shape index (κ2) is 9.72. The van der Waals surface area contributed by atoms with E-state index in [0.717, 1.165) is 48.3 Å². The molecule has 9 heteroatoms. The Morgan fingerprint density at radius 1 is 0.795 bits per heavy atom. The number of aryl methyl sites for hydroxylation is 1. The lowest BCUT2D eigenvalue weighted by atomic mass is 10.0. The highest BCUT2D eigenvalue weighted by atomic mass is 32.2. The molecule has 1 saturated heterocycles. The molecule has 0 aromatic heterocycles. The van der Waals surface area contributed by atoms with Gasteiger partial charge in [-0.25, -0.2) is 8.42 Å². The molecule has 0 radical (unpaired) electrons. The number of amides is 2. The van der Waals surface area contributed by atoms with Crippen molar-refractivity contribution in [3.8, 4) is 0 Å². The molecule has 3 aliphatic rings. The fourth-order valence-electron chi connectivity index (χ4n) is 6.21. The van der Waals surface area contributed by atoms with Gasteiger partial charge in [-0.15, -0.1) is 0 Å². The van der Waals surface area contributed by atoms with Gasteiger partial charge in [-0.2, -0.15) is 0 Å². The maximum absolute atomic E-state index is 14.4. The van der Waals surface area contributed by atoms with Gasteiger partial charge < -0.3 is 10.6 Å². The van der Waals surface area contributed by atoms with Crippen molar-refractivity contribution in [1.82, 2.24) is 0 Å². The van der Waals surface area contributed by atoms with Gasteiger partial charge in [0, 0.05) is 42.9 Å². The summed E-state index contributed by atoms with van der Waals surface area (Å²) in [7, 11) is -4.07. The molecule has 8 nitrogen and oxygen atoms in total. The van der Waals surface area contributed by atoms with E-state index in [1.54, 1.807) is 36.4 Å². The molecule has 39 heavy (non-hydrogen) atoms. The summed E-state index contributed by atoms with van der Waals surface area (Å²) < 4.78 is 29.3. The molecule has 1 fully saturated rings.